The van der Waals surface area contributed by atoms with Gasteiger partial charge in [-0.1, -0.05) is 29.8 Å². The van der Waals surface area contributed by atoms with Gasteiger partial charge in [0.1, 0.15) is 12.4 Å². The Morgan fingerprint density at radius 1 is 1.13 bits per heavy atom. The summed E-state index contributed by atoms with van der Waals surface area (Å²) in [5.74, 6) is -0.0713. The summed E-state index contributed by atoms with van der Waals surface area (Å²) in [5.41, 5.74) is 2.95. The van der Waals surface area contributed by atoms with Gasteiger partial charge in [0.25, 0.3) is 11.8 Å². The summed E-state index contributed by atoms with van der Waals surface area (Å²) in [6.07, 6.45) is 1.64. The third-order valence-corrected chi connectivity index (χ3v) is 4.79. The van der Waals surface area contributed by atoms with Crippen LogP contribution in [0.2, 0.25) is 5.02 Å². The first kappa shape index (κ1) is 21.4. The highest BCUT2D eigenvalue weighted by Crippen LogP contribution is 2.26. The maximum atomic E-state index is 12.6. The molecule has 0 aliphatic rings. The number of benzene rings is 2. The molecule has 30 heavy (non-hydrogen) atoms. The van der Waals surface area contributed by atoms with Crippen LogP contribution >= 0.6 is 11.6 Å². The van der Waals surface area contributed by atoms with Gasteiger partial charge in [0.15, 0.2) is 5.69 Å². The highest BCUT2D eigenvalue weighted by Gasteiger charge is 2.18. The number of halogens is 1. The zero-order valence-electron chi connectivity index (χ0n) is 17.0. The van der Waals surface area contributed by atoms with Gasteiger partial charge >= 0.3 is 0 Å². The molecule has 0 aliphatic carbocycles. The minimum Gasteiger partial charge on any atom is -0.487 e. The van der Waals surface area contributed by atoms with Crippen LogP contribution in [0.1, 0.15) is 38.9 Å². The fourth-order valence-corrected chi connectivity index (χ4v) is 2.96. The molecule has 1 heterocycles. The Morgan fingerprint density at radius 2 is 1.87 bits per heavy atom. The number of aromatic nitrogens is 2. The average Bonchev–Trinajstić information content (AvgIpc) is 3.17. The summed E-state index contributed by atoms with van der Waals surface area (Å²) < 4.78 is 7.38. The van der Waals surface area contributed by atoms with Gasteiger partial charge in [-0.15, -0.1) is 0 Å². The third-order valence-electron chi connectivity index (χ3n) is 4.47. The summed E-state index contributed by atoms with van der Waals surface area (Å²) in [6.45, 7) is 4.78. The van der Waals surface area contributed by atoms with Gasteiger partial charge in [0.05, 0.1) is 10.7 Å². The van der Waals surface area contributed by atoms with E-state index in [0.717, 1.165) is 11.1 Å². The Labute approximate surface area is 180 Å². The van der Waals surface area contributed by atoms with Gasteiger partial charge in [-0.05, 0) is 49.2 Å². The van der Waals surface area contributed by atoms with Crippen LogP contribution in [0.25, 0.3) is 0 Å². The van der Waals surface area contributed by atoms with E-state index in [0.29, 0.717) is 35.2 Å². The normalized spacial score (nSPS) is 10.5. The lowest BCUT2D eigenvalue weighted by Crippen LogP contribution is -2.21. The Morgan fingerprint density at radius 3 is 2.53 bits per heavy atom. The fraction of sp³-hybridized carbons (Fsp3) is 0.227. The molecule has 2 N–H and O–H groups in total. The van der Waals surface area contributed by atoms with E-state index in [4.69, 9.17) is 16.3 Å². The molecule has 0 saturated carbocycles. The summed E-state index contributed by atoms with van der Waals surface area (Å²) in [7, 11) is 1.52. The fourth-order valence-electron chi connectivity index (χ4n) is 2.79. The highest BCUT2D eigenvalue weighted by atomic mass is 35.5. The van der Waals surface area contributed by atoms with Crippen LogP contribution in [0.5, 0.6) is 5.75 Å². The second-order valence-electron chi connectivity index (χ2n) is 6.70. The lowest BCUT2D eigenvalue weighted by Gasteiger charge is -2.10. The van der Waals surface area contributed by atoms with Crippen molar-refractivity contribution in [2.24, 2.45) is 0 Å². The molecule has 1 aromatic heterocycles. The average molecular weight is 427 g/mol. The molecule has 0 unspecified atom stereocenters. The van der Waals surface area contributed by atoms with E-state index >= 15 is 0 Å². The number of anilines is 1. The van der Waals surface area contributed by atoms with E-state index in [1.165, 1.54) is 7.05 Å². The highest BCUT2D eigenvalue weighted by molar-refractivity contribution is 6.32. The number of ether oxygens (including phenoxy) is 1. The van der Waals surface area contributed by atoms with E-state index in [1.807, 2.05) is 38.1 Å². The molecule has 3 aromatic rings. The van der Waals surface area contributed by atoms with Crippen LogP contribution in [0.15, 0.2) is 48.7 Å². The second kappa shape index (κ2) is 9.45. The number of carbonyl (C=O) groups excluding carboxylic acids is 2. The molecule has 0 fully saturated rings. The largest absolute Gasteiger partial charge is 0.487 e. The number of nitrogens with zero attached hydrogens (tertiary/aromatic N) is 2. The number of nitrogens with one attached hydrogen (secondary N) is 2. The van der Waals surface area contributed by atoms with Crippen LogP contribution < -0.4 is 15.4 Å². The molecule has 156 valence electrons. The van der Waals surface area contributed by atoms with E-state index in [1.54, 1.807) is 29.1 Å². The molecular formula is C22H23ClN4O3. The number of aryl methyl sites for hydroxylation is 2. The first-order chi connectivity index (χ1) is 14.4. The number of hydrogen-bond donors (Lipinski definition) is 2. The van der Waals surface area contributed by atoms with Crippen molar-refractivity contribution in [3.05, 3.63) is 76.1 Å². The van der Waals surface area contributed by atoms with E-state index in [-0.39, 0.29) is 17.5 Å². The SMILES string of the molecule is CCn1cc(NC(=O)c2ccc(COc3cc(C)ccc3Cl)cc2)c(C(=O)NC)n1. The number of amides is 2. The molecule has 0 saturated heterocycles. The summed E-state index contributed by atoms with van der Waals surface area (Å²) >= 11 is 6.15. The van der Waals surface area contributed by atoms with E-state index in [9.17, 15) is 9.59 Å². The Hall–Kier alpha value is -3.32. The molecule has 2 amide bonds. The standard InChI is InChI=1S/C22H23ClN4O3/c1-4-27-12-18(20(26-27)22(29)24-3)25-21(28)16-8-6-15(7-9-16)13-30-19-11-14(2)5-10-17(19)23/h5-12H,4,13H2,1-3H3,(H,24,29)(H,25,28). The minimum absolute atomic E-state index is 0.174. The Kier molecular flexibility index (Phi) is 6.74. The zero-order valence-corrected chi connectivity index (χ0v) is 17.8. The monoisotopic (exact) mass is 426 g/mol. The lowest BCUT2D eigenvalue weighted by molar-refractivity contribution is 0.0958. The van der Waals surface area contributed by atoms with Crippen molar-refractivity contribution in [2.45, 2.75) is 27.0 Å². The molecule has 3 rings (SSSR count). The zero-order chi connectivity index (χ0) is 21.7. The topological polar surface area (TPSA) is 85.2 Å². The van der Waals surface area contributed by atoms with Gasteiger partial charge in [0.2, 0.25) is 0 Å². The molecule has 0 atom stereocenters. The van der Waals surface area contributed by atoms with Gasteiger partial charge in [-0.25, -0.2) is 0 Å². The van der Waals surface area contributed by atoms with Crippen molar-refractivity contribution in [1.82, 2.24) is 15.1 Å². The maximum absolute atomic E-state index is 12.6. The molecule has 0 spiro atoms. The summed E-state index contributed by atoms with van der Waals surface area (Å²) in [4.78, 5) is 24.6. The Balaban J connectivity index is 1.67. The van der Waals surface area contributed by atoms with E-state index in [2.05, 4.69) is 15.7 Å². The predicted molar refractivity (Wildman–Crippen MR) is 116 cm³/mol. The van der Waals surface area contributed by atoms with E-state index < -0.39 is 0 Å². The first-order valence-corrected chi connectivity index (χ1v) is 9.87. The number of carbonyl (C=O) groups is 2. The third kappa shape index (κ3) is 4.99. The molecule has 2 aromatic carbocycles. The van der Waals surface area contributed by atoms with Crippen molar-refractivity contribution in [3.63, 3.8) is 0 Å². The molecule has 8 heteroatoms. The van der Waals surface area contributed by atoms with Crippen molar-refractivity contribution < 1.29 is 14.3 Å². The van der Waals surface area contributed by atoms with Gasteiger partial charge < -0.3 is 15.4 Å². The quantitative estimate of drug-likeness (QED) is 0.596. The summed E-state index contributed by atoms with van der Waals surface area (Å²) in [6, 6.07) is 12.6. The molecule has 7 nitrogen and oxygen atoms in total. The van der Waals surface area contributed by atoms with Crippen molar-refractivity contribution in [1.29, 1.82) is 0 Å². The molecular weight excluding hydrogens is 404 g/mol. The maximum Gasteiger partial charge on any atom is 0.273 e. The van der Waals surface area contributed by atoms with Crippen LogP contribution in [0.4, 0.5) is 5.69 Å². The molecule has 0 aliphatic heterocycles. The van der Waals surface area contributed by atoms with Crippen molar-refractivity contribution in [3.8, 4) is 5.75 Å². The minimum atomic E-state index is -0.361. The predicted octanol–water partition coefficient (Wildman–Crippen LogP) is 4.06. The van der Waals surface area contributed by atoms with Gasteiger partial charge in [0, 0.05) is 25.4 Å². The molecule has 0 bridgehead atoms. The second-order valence-corrected chi connectivity index (χ2v) is 7.11. The van der Waals surface area contributed by atoms with Crippen LogP contribution in [0.3, 0.4) is 0 Å². The molecule has 0 radical (unpaired) electrons. The summed E-state index contributed by atoms with van der Waals surface area (Å²) in [5, 5.41) is 10.0. The Bertz CT molecular complexity index is 1060. The van der Waals surface area contributed by atoms with Gasteiger partial charge in [-0.2, -0.15) is 5.10 Å². The van der Waals surface area contributed by atoms with Crippen molar-refractivity contribution >= 4 is 29.1 Å². The number of hydrogen-bond acceptors (Lipinski definition) is 4. The smallest absolute Gasteiger partial charge is 0.273 e. The van der Waals surface area contributed by atoms with Crippen LogP contribution in [-0.4, -0.2) is 28.6 Å². The number of rotatable bonds is 7. The lowest BCUT2D eigenvalue weighted by atomic mass is 10.1. The first-order valence-electron chi connectivity index (χ1n) is 9.50. The van der Waals surface area contributed by atoms with Crippen molar-refractivity contribution in [2.75, 3.05) is 12.4 Å². The van der Waals surface area contributed by atoms with Gasteiger partial charge in [-0.3, -0.25) is 14.3 Å². The van der Waals surface area contributed by atoms with Crippen LogP contribution in [0, 0.1) is 6.92 Å². The van der Waals surface area contributed by atoms with Crippen LogP contribution in [-0.2, 0) is 13.2 Å².